The molecule has 18 heteroatoms. The van der Waals surface area contributed by atoms with Gasteiger partial charge in [-0.2, -0.15) is 0 Å². The van der Waals surface area contributed by atoms with E-state index in [2.05, 4.69) is 22.5 Å². The third-order valence-electron chi connectivity index (χ3n) is 10.3. The summed E-state index contributed by atoms with van der Waals surface area (Å²) in [7, 11) is 1.24. The summed E-state index contributed by atoms with van der Waals surface area (Å²) in [6, 6.07) is 0.0807. The number of esters is 1. The maximum absolute atomic E-state index is 13.2. The molecule has 0 saturated carbocycles. The lowest BCUT2D eigenvalue weighted by atomic mass is 10.0. The largest absolute Gasteiger partial charge is 0.456 e. The normalized spacial score (nSPS) is 28.3. The van der Waals surface area contributed by atoms with Crippen LogP contribution in [-0.2, 0) is 42.9 Å². The highest BCUT2D eigenvalue weighted by molar-refractivity contribution is 5.95. The van der Waals surface area contributed by atoms with E-state index in [0.29, 0.717) is 19.3 Å². The van der Waals surface area contributed by atoms with Crippen LogP contribution in [0.2, 0.25) is 0 Å². The van der Waals surface area contributed by atoms with Gasteiger partial charge < -0.3 is 50.3 Å². The minimum absolute atomic E-state index is 0.0519. The molecule has 1 aromatic rings. The van der Waals surface area contributed by atoms with Crippen molar-refractivity contribution in [1.82, 2.24) is 20.2 Å². The van der Waals surface area contributed by atoms with E-state index in [9.17, 15) is 39.0 Å². The Morgan fingerprint density at radius 3 is 2.29 bits per heavy atom. The zero-order valence-electron chi connectivity index (χ0n) is 32.5. The zero-order valence-corrected chi connectivity index (χ0v) is 32.5. The number of unbranched alkanes of at least 4 members (excludes halogenated alkanes) is 10. The first-order chi connectivity index (χ1) is 26.8. The standard InChI is InChI=1S/C38H59N5O13/c1-4-5-6-7-8-9-10-11-12-13-14-18-27(46)54-32-29(52-3)30(55-36(32)43-20-19-26(45)42-38(43)51)31(33(39)48)56-37-28(47)24(44)21-25(53-37)35(50)41-23-17-15-16-22(2)40-34(23)49/h19-24,28-32,36-37,44,47H,4-18H2,1-3H3,(H2,39,48)(H,40,49)(H,41,50)(H,42,45,51)/t22-,23-,24-,28-,29+,30-,31+,32+,36+,37+/m0/s1. The smallest absolute Gasteiger partial charge is 0.330 e. The lowest BCUT2D eigenvalue weighted by Crippen LogP contribution is -2.54. The summed E-state index contributed by atoms with van der Waals surface area (Å²) in [4.78, 5) is 78.9. The number of carbonyl (C=O) groups excluding carboxylic acids is 4. The lowest BCUT2D eigenvalue weighted by molar-refractivity contribution is -0.241. The summed E-state index contributed by atoms with van der Waals surface area (Å²) in [5, 5.41) is 26.8. The molecule has 0 unspecified atom stereocenters. The van der Waals surface area contributed by atoms with E-state index in [1.165, 1.54) is 45.6 Å². The predicted octanol–water partition coefficient (Wildman–Crippen LogP) is 1.07. The van der Waals surface area contributed by atoms with Crippen LogP contribution >= 0.6 is 0 Å². The molecule has 0 aliphatic carbocycles. The van der Waals surface area contributed by atoms with Gasteiger partial charge in [-0.1, -0.05) is 71.1 Å². The highest BCUT2D eigenvalue weighted by atomic mass is 16.7. The van der Waals surface area contributed by atoms with Crippen LogP contribution in [-0.4, -0.2) is 106 Å². The number of nitrogens with two attached hydrogens (primary N) is 1. The molecule has 314 valence electrons. The topological polar surface area (TPSA) is 260 Å². The van der Waals surface area contributed by atoms with Crippen LogP contribution in [0.15, 0.2) is 33.7 Å². The van der Waals surface area contributed by atoms with Crippen LogP contribution in [0, 0.1) is 0 Å². The van der Waals surface area contributed by atoms with Crippen molar-refractivity contribution in [2.24, 2.45) is 5.73 Å². The van der Waals surface area contributed by atoms with E-state index in [-0.39, 0.29) is 12.5 Å². The number of aromatic nitrogens is 2. The fourth-order valence-electron chi connectivity index (χ4n) is 7.18. The van der Waals surface area contributed by atoms with Crippen molar-refractivity contribution in [3.05, 3.63) is 44.9 Å². The molecule has 0 aromatic carbocycles. The number of aliphatic hydroxyl groups is 2. The van der Waals surface area contributed by atoms with E-state index < -0.39 is 95.9 Å². The number of hydrogen-bond donors (Lipinski definition) is 6. The number of nitrogens with one attached hydrogen (secondary N) is 3. The second-order valence-electron chi connectivity index (χ2n) is 14.8. The van der Waals surface area contributed by atoms with Gasteiger partial charge in [-0.25, -0.2) is 4.79 Å². The monoisotopic (exact) mass is 793 g/mol. The highest BCUT2D eigenvalue weighted by Crippen LogP contribution is 2.36. The fraction of sp³-hybridized carbons (Fsp3) is 0.737. The average molecular weight is 794 g/mol. The minimum atomic E-state index is -1.88. The van der Waals surface area contributed by atoms with Crippen molar-refractivity contribution in [3.63, 3.8) is 0 Å². The first-order valence-corrected chi connectivity index (χ1v) is 19.8. The molecular weight excluding hydrogens is 734 g/mol. The molecule has 56 heavy (non-hydrogen) atoms. The Kier molecular flexibility index (Phi) is 17.5. The SMILES string of the molecule is CCCCCCCCCCCCCC(=O)O[C@@H]1[C@H](OC)[C@@H]([C@@H](O[C@H]2OC(C(=O)N[C@H]3CCC[C@H](C)NC3=O)=C[C@H](O)[C@@H]2O)C(N)=O)O[C@H]1n1ccc(=O)[nH]c1=O. The molecule has 7 N–H and O–H groups in total. The van der Waals surface area contributed by atoms with Gasteiger partial charge in [0.05, 0.1) is 0 Å². The van der Waals surface area contributed by atoms with Crippen LogP contribution in [0.1, 0.15) is 116 Å². The fourth-order valence-corrected chi connectivity index (χ4v) is 7.18. The van der Waals surface area contributed by atoms with Crippen molar-refractivity contribution in [2.45, 2.75) is 171 Å². The molecule has 2 saturated heterocycles. The van der Waals surface area contributed by atoms with Crippen molar-refractivity contribution < 1.29 is 53.1 Å². The molecule has 0 bridgehead atoms. The molecule has 3 aliphatic heterocycles. The van der Waals surface area contributed by atoms with E-state index in [0.717, 1.165) is 55.0 Å². The Bertz CT molecular complexity index is 1610. The third kappa shape index (κ3) is 12.4. The first-order valence-electron chi connectivity index (χ1n) is 19.8. The minimum Gasteiger partial charge on any atom is -0.456 e. The Morgan fingerprint density at radius 2 is 1.66 bits per heavy atom. The van der Waals surface area contributed by atoms with Gasteiger partial charge in [0.1, 0.15) is 30.5 Å². The number of hydrogen-bond acceptors (Lipinski definition) is 13. The Hall–Kier alpha value is -4.10. The number of carbonyl (C=O) groups is 4. The molecule has 4 heterocycles. The van der Waals surface area contributed by atoms with Gasteiger partial charge in [-0.3, -0.25) is 33.5 Å². The Balaban J connectivity index is 1.44. The number of H-pyrrole nitrogens is 1. The molecule has 1 aromatic heterocycles. The van der Waals surface area contributed by atoms with Gasteiger partial charge in [-0.05, 0) is 38.7 Å². The Labute approximate surface area is 325 Å². The highest BCUT2D eigenvalue weighted by Gasteiger charge is 2.54. The van der Waals surface area contributed by atoms with Crippen LogP contribution < -0.4 is 27.6 Å². The first kappa shape index (κ1) is 44.6. The molecule has 3 aliphatic rings. The number of methoxy groups -OCH3 is 1. The van der Waals surface area contributed by atoms with Gasteiger partial charge in [-0.15, -0.1) is 0 Å². The summed E-state index contributed by atoms with van der Waals surface area (Å²) in [6.07, 6.45) is 2.86. The third-order valence-corrected chi connectivity index (χ3v) is 10.3. The number of rotatable bonds is 21. The van der Waals surface area contributed by atoms with Gasteiger partial charge >= 0.3 is 11.7 Å². The van der Waals surface area contributed by atoms with Crippen molar-refractivity contribution in [2.75, 3.05) is 7.11 Å². The summed E-state index contributed by atoms with van der Waals surface area (Å²) in [6.45, 7) is 4.04. The second kappa shape index (κ2) is 22.0. The number of amides is 3. The summed E-state index contributed by atoms with van der Waals surface area (Å²) < 4.78 is 30.0. The molecular formula is C38H59N5O13. The maximum Gasteiger partial charge on any atom is 0.330 e. The van der Waals surface area contributed by atoms with Gasteiger partial charge in [0, 0.05) is 31.8 Å². The molecule has 2 fully saturated rings. The number of nitrogens with zero attached hydrogens (tertiary/aromatic N) is 1. The van der Waals surface area contributed by atoms with E-state index in [1.54, 1.807) is 0 Å². The number of aliphatic hydroxyl groups excluding tert-OH is 2. The van der Waals surface area contributed by atoms with Gasteiger partial charge in [0.15, 0.2) is 24.2 Å². The maximum atomic E-state index is 13.2. The average Bonchev–Trinajstić information content (AvgIpc) is 3.41. The van der Waals surface area contributed by atoms with Crippen LogP contribution in [0.25, 0.3) is 0 Å². The van der Waals surface area contributed by atoms with Crippen molar-refractivity contribution in [1.29, 1.82) is 0 Å². The molecule has 0 spiro atoms. The number of primary amides is 1. The molecule has 18 nitrogen and oxygen atoms in total. The predicted molar refractivity (Wildman–Crippen MR) is 199 cm³/mol. The van der Waals surface area contributed by atoms with E-state index >= 15 is 0 Å². The molecule has 4 rings (SSSR count). The van der Waals surface area contributed by atoms with Crippen LogP contribution in [0.4, 0.5) is 0 Å². The van der Waals surface area contributed by atoms with Crippen LogP contribution in [0.5, 0.6) is 0 Å². The van der Waals surface area contributed by atoms with Gasteiger partial charge in [0.2, 0.25) is 18.1 Å². The Morgan fingerprint density at radius 1 is 1.00 bits per heavy atom. The van der Waals surface area contributed by atoms with Crippen molar-refractivity contribution in [3.8, 4) is 0 Å². The summed E-state index contributed by atoms with van der Waals surface area (Å²) in [5.41, 5.74) is 4.15. The van der Waals surface area contributed by atoms with E-state index in [4.69, 9.17) is 29.4 Å². The summed E-state index contributed by atoms with van der Waals surface area (Å²) >= 11 is 0. The lowest BCUT2D eigenvalue weighted by Gasteiger charge is -2.35. The molecule has 3 amide bonds. The number of ether oxygens (including phenoxy) is 5. The number of aromatic amines is 1. The van der Waals surface area contributed by atoms with Gasteiger partial charge in [0.25, 0.3) is 11.5 Å². The molecule has 10 atom stereocenters. The summed E-state index contributed by atoms with van der Waals surface area (Å²) in [5.74, 6) is -3.56. The van der Waals surface area contributed by atoms with E-state index in [1.807, 2.05) is 6.92 Å². The van der Waals surface area contributed by atoms with Crippen LogP contribution in [0.3, 0.4) is 0 Å². The molecule has 0 radical (unpaired) electrons. The quantitative estimate of drug-likeness (QED) is 0.0753. The van der Waals surface area contributed by atoms with Crippen molar-refractivity contribution >= 4 is 23.7 Å². The zero-order chi connectivity index (χ0) is 40.8. The second-order valence-corrected chi connectivity index (χ2v) is 14.8.